The van der Waals surface area contributed by atoms with Gasteiger partial charge in [0.1, 0.15) is 29.9 Å². The van der Waals surface area contributed by atoms with Gasteiger partial charge in [-0.1, -0.05) is 73.5 Å². The summed E-state index contributed by atoms with van der Waals surface area (Å²) in [6.45, 7) is 13.4. The van der Waals surface area contributed by atoms with E-state index in [0.29, 0.717) is 43.7 Å². The van der Waals surface area contributed by atoms with Crippen LogP contribution in [0.3, 0.4) is 0 Å². The lowest BCUT2D eigenvalue weighted by Crippen LogP contribution is -2.70. The fourth-order valence-corrected chi connectivity index (χ4v) is 9.21. The van der Waals surface area contributed by atoms with E-state index < -0.39 is 23.8 Å². The average molecular weight is 795 g/mol. The Labute approximate surface area is 344 Å². The van der Waals surface area contributed by atoms with E-state index in [1.54, 1.807) is 11.0 Å². The van der Waals surface area contributed by atoms with Crippen LogP contribution in [0.1, 0.15) is 93.4 Å². The summed E-state index contributed by atoms with van der Waals surface area (Å²) in [7, 11) is 0. The molecule has 10 heteroatoms. The SMILES string of the molecule is C=CCO[C@@]12Oc3ccc(Oc4ccc(C)c(C)c4)cc3[C@H]3[C@H](CCCCO)[C@@H](CCCCO)C=C(C(=NOCc4ccccc4)C[C@@H]1N(CCC)C(=O)OCC)[C@H]32. The van der Waals surface area contributed by atoms with E-state index in [-0.39, 0.29) is 50.8 Å². The lowest BCUT2D eigenvalue weighted by Gasteiger charge is -2.59. The Morgan fingerprint density at radius 2 is 1.71 bits per heavy atom. The highest BCUT2D eigenvalue weighted by molar-refractivity contribution is 6.03. The molecule has 6 rings (SSSR count). The number of carbonyl (C=O) groups is 1. The second kappa shape index (κ2) is 20.4. The van der Waals surface area contributed by atoms with E-state index >= 15 is 0 Å². The van der Waals surface area contributed by atoms with Crippen molar-refractivity contribution in [2.45, 2.75) is 103 Å². The van der Waals surface area contributed by atoms with E-state index in [1.165, 1.54) is 5.56 Å². The molecule has 1 saturated carbocycles. The van der Waals surface area contributed by atoms with Gasteiger partial charge < -0.3 is 34.0 Å². The molecule has 3 aromatic carbocycles. The molecule has 0 unspecified atom stereocenters. The summed E-state index contributed by atoms with van der Waals surface area (Å²) in [6, 6.07) is 21.4. The zero-order valence-electron chi connectivity index (χ0n) is 34.7. The van der Waals surface area contributed by atoms with Crippen LogP contribution in [-0.2, 0) is 20.9 Å². The molecule has 312 valence electrons. The molecule has 10 nitrogen and oxygen atoms in total. The first-order valence-corrected chi connectivity index (χ1v) is 21.2. The van der Waals surface area contributed by atoms with Crippen molar-refractivity contribution in [3.05, 3.63) is 113 Å². The molecule has 1 aliphatic heterocycles. The van der Waals surface area contributed by atoms with Gasteiger partial charge in [0.25, 0.3) is 0 Å². The minimum atomic E-state index is -1.35. The first-order chi connectivity index (χ1) is 28.3. The van der Waals surface area contributed by atoms with Gasteiger partial charge in [0.05, 0.1) is 24.8 Å². The molecule has 0 bridgehead atoms. The first-order valence-electron chi connectivity index (χ1n) is 21.2. The molecule has 3 aliphatic rings. The second-order valence-corrected chi connectivity index (χ2v) is 15.8. The summed E-state index contributed by atoms with van der Waals surface area (Å²) in [6.07, 6.45) is 9.40. The molecule has 6 atom stereocenters. The maximum absolute atomic E-state index is 14.0. The zero-order valence-corrected chi connectivity index (χ0v) is 34.7. The number of aliphatic hydroxyl groups is 2. The molecule has 1 amide bonds. The molecule has 1 heterocycles. The van der Waals surface area contributed by atoms with Crippen LogP contribution < -0.4 is 9.47 Å². The number of aliphatic hydroxyl groups excluding tert-OH is 2. The third-order valence-electron chi connectivity index (χ3n) is 12.0. The quantitative estimate of drug-likeness (QED) is 0.0660. The van der Waals surface area contributed by atoms with Crippen LogP contribution in [0.2, 0.25) is 0 Å². The Balaban J connectivity index is 1.58. The highest BCUT2D eigenvalue weighted by atomic mass is 16.7. The maximum Gasteiger partial charge on any atom is 0.410 e. The summed E-state index contributed by atoms with van der Waals surface area (Å²) in [5.41, 5.74) is 6.06. The van der Waals surface area contributed by atoms with Crippen molar-refractivity contribution < 1.29 is 38.8 Å². The third kappa shape index (κ3) is 9.46. The number of carbonyl (C=O) groups excluding carboxylic acids is 1. The molecule has 0 spiro atoms. The van der Waals surface area contributed by atoms with Crippen LogP contribution in [0.4, 0.5) is 4.79 Å². The monoisotopic (exact) mass is 794 g/mol. The van der Waals surface area contributed by atoms with E-state index in [9.17, 15) is 15.0 Å². The number of hydrogen-bond acceptors (Lipinski definition) is 9. The summed E-state index contributed by atoms with van der Waals surface area (Å²) >= 11 is 0. The van der Waals surface area contributed by atoms with Gasteiger partial charge in [0, 0.05) is 37.7 Å². The maximum atomic E-state index is 14.0. The second-order valence-electron chi connectivity index (χ2n) is 15.8. The van der Waals surface area contributed by atoms with Gasteiger partial charge in [-0.05, 0) is 117 Å². The van der Waals surface area contributed by atoms with Crippen molar-refractivity contribution in [1.82, 2.24) is 4.90 Å². The predicted octanol–water partition coefficient (Wildman–Crippen LogP) is 9.80. The molecule has 58 heavy (non-hydrogen) atoms. The minimum absolute atomic E-state index is 0.0951. The molecule has 0 aromatic heterocycles. The van der Waals surface area contributed by atoms with E-state index in [1.807, 2.05) is 62.4 Å². The van der Waals surface area contributed by atoms with Gasteiger partial charge in [0.2, 0.25) is 5.79 Å². The fourth-order valence-electron chi connectivity index (χ4n) is 9.21. The summed E-state index contributed by atoms with van der Waals surface area (Å²) in [4.78, 5) is 22.0. The number of amides is 1. The number of aryl methyl sites for hydroxylation is 2. The lowest BCUT2D eigenvalue weighted by molar-refractivity contribution is -0.255. The van der Waals surface area contributed by atoms with Crippen molar-refractivity contribution in [3.63, 3.8) is 0 Å². The van der Waals surface area contributed by atoms with Crippen LogP contribution >= 0.6 is 0 Å². The molecular formula is C48H62N2O8. The number of benzene rings is 3. The average Bonchev–Trinajstić information content (AvgIpc) is 3.22. The summed E-state index contributed by atoms with van der Waals surface area (Å²) in [5, 5.41) is 24.7. The number of rotatable bonds is 20. The van der Waals surface area contributed by atoms with E-state index in [0.717, 1.165) is 59.4 Å². The Morgan fingerprint density at radius 3 is 2.41 bits per heavy atom. The first kappa shape index (κ1) is 43.0. The van der Waals surface area contributed by atoms with Crippen LogP contribution in [0.5, 0.6) is 17.2 Å². The molecule has 0 saturated heterocycles. The van der Waals surface area contributed by atoms with E-state index in [4.69, 9.17) is 28.9 Å². The van der Waals surface area contributed by atoms with Crippen LogP contribution in [0, 0.1) is 31.6 Å². The molecule has 1 fully saturated rings. The molecule has 2 N–H and O–H groups in total. The largest absolute Gasteiger partial charge is 0.459 e. The van der Waals surface area contributed by atoms with Crippen molar-refractivity contribution in [2.24, 2.45) is 22.9 Å². The standard InChI is InChI=1S/C48H62N2O8/c1-6-24-50(47(53)54-8-3)44-31-42(49-56-32-35-16-10-9-11-17-35)40-29-36(18-12-14-25-51)39(19-13-15-26-52)45-41-30-38(57-37-21-20-33(4)34(5)28-37)22-23-43(41)58-48(44,46(40)45)55-27-7-2/h7,9-11,16-17,20-23,28-30,36,39,44-46,51-52H,2,6,8,12-15,18-19,24-27,31-32H2,1,3-5H3/t36-,39+,44-,45+,46+,48+/m0/s1. The number of nitrogens with zero attached hydrogens (tertiary/aromatic N) is 2. The van der Waals surface area contributed by atoms with E-state index in [2.05, 4.69) is 44.7 Å². The van der Waals surface area contributed by atoms with Gasteiger partial charge in [-0.15, -0.1) is 6.58 Å². The van der Waals surface area contributed by atoms with Crippen LogP contribution in [0.25, 0.3) is 0 Å². The highest BCUT2D eigenvalue weighted by Gasteiger charge is 2.65. The Bertz CT molecular complexity index is 1900. The van der Waals surface area contributed by atoms with Crippen LogP contribution in [-0.4, -0.2) is 71.7 Å². The fraction of sp³-hybridized carbons (Fsp3) is 0.500. The molecular weight excluding hydrogens is 733 g/mol. The highest BCUT2D eigenvalue weighted by Crippen LogP contribution is 2.62. The van der Waals surface area contributed by atoms with Gasteiger partial charge in [-0.25, -0.2) is 4.79 Å². The summed E-state index contributed by atoms with van der Waals surface area (Å²) in [5.74, 6) is 0.393. The predicted molar refractivity (Wildman–Crippen MR) is 226 cm³/mol. The molecule has 2 aliphatic carbocycles. The third-order valence-corrected chi connectivity index (χ3v) is 12.0. The van der Waals surface area contributed by atoms with Gasteiger partial charge in [0.15, 0.2) is 0 Å². The van der Waals surface area contributed by atoms with Crippen molar-refractivity contribution in [2.75, 3.05) is 33.0 Å². The lowest BCUT2D eigenvalue weighted by atomic mass is 9.55. The minimum Gasteiger partial charge on any atom is -0.459 e. The normalized spacial score (nSPS) is 23.9. The number of fused-ring (bicyclic) bond motifs is 2. The topological polar surface area (TPSA) is 119 Å². The molecule has 0 radical (unpaired) electrons. The number of oxime groups is 1. The number of ether oxygens (including phenoxy) is 4. The number of allylic oxidation sites excluding steroid dienone is 1. The van der Waals surface area contributed by atoms with Gasteiger partial charge >= 0.3 is 6.09 Å². The summed E-state index contributed by atoms with van der Waals surface area (Å²) < 4.78 is 26.6. The van der Waals surface area contributed by atoms with Crippen molar-refractivity contribution in [1.29, 1.82) is 0 Å². The zero-order chi connectivity index (χ0) is 41.1. The van der Waals surface area contributed by atoms with Crippen molar-refractivity contribution >= 4 is 11.8 Å². The van der Waals surface area contributed by atoms with Crippen LogP contribution in [0.15, 0.2) is 96.2 Å². The molecule has 3 aromatic rings. The Morgan fingerprint density at radius 1 is 0.966 bits per heavy atom. The number of hydrogen-bond donors (Lipinski definition) is 2. The van der Waals surface area contributed by atoms with Crippen molar-refractivity contribution in [3.8, 4) is 17.2 Å². The van der Waals surface area contributed by atoms with Gasteiger partial charge in [-0.2, -0.15) is 0 Å². The Kier molecular flexibility index (Phi) is 15.1. The van der Waals surface area contributed by atoms with Gasteiger partial charge in [-0.3, -0.25) is 4.90 Å². The number of unbranched alkanes of at least 4 members (excludes halogenated alkanes) is 2. The Hall–Kier alpha value is -4.64. The smallest absolute Gasteiger partial charge is 0.410 e.